The second-order valence-corrected chi connectivity index (χ2v) is 5.93. The van der Waals surface area contributed by atoms with E-state index in [2.05, 4.69) is 15.3 Å². The van der Waals surface area contributed by atoms with Crippen LogP contribution in [0.5, 0.6) is 11.8 Å². The van der Waals surface area contributed by atoms with E-state index in [0.29, 0.717) is 43.7 Å². The second-order valence-electron chi connectivity index (χ2n) is 5.93. The van der Waals surface area contributed by atoms with Crippen LogP contribution in [0.1, 0.15) is 35.7 Å². The molecule has 0 atom stereocenters. The van der Waals surface area contributed by atoms with E-state index < -0.39 is 0 Å². The first-order valence-corrected chi connectivity index (χ1v) is 8.81. The van der Waals surface area contributed by atoms with Crippen molar-refractivity contribution < 1.29 is 19.0 Å². The molecule has 1 fully saturated rings. The van der Waals surface area contributed by atoms with Gasteiger partial charge in [-0.25, -0.2) is 9.97 Å². The highest BCUT2D eigenvalue weighted by Crippen LogP contribution is 2.16. The minimum absolute atomic E-state index is 0.127. The molecule has 3 rings (SSSR count). The van der Waals surface area contributed by atoms with Crippen molar-refractivity contribution in [2.24, 2.45) is 0 Å². The van der Waals surface area contributed by atoms with Crippen LogP contribution in [0.4, 0.5) is 0 Å². The number of nitrogens with one attached hydrogen (secondary N) is 1. The lowest BCUT2D eigenvalue weighted by atomic mass is 10.1. The molecule has 3 heterocycles. The minimum atomic E-state index is -0.190. The first-order valence-electron chi connectivity index (χ1n) is 8.81. The molecule has 2 aromatic heterocycles. The molecule has 0 radical (unpaired) electrons. The molecule has 7 heteroatoms. The number of carbonyl (C=O) groups is 1. The van der Waals surface area contributed by atoms with Crippen molar-refractivity contribution in [1.82, 2.24) is 15.3 Å². The summed E-state index contributed by atoms with van der Waals surface area (Å²) in [5.41, 5.74) is 1.41. The van der Waals surface area contributed by atoms with Gasteiger partial charge in [0.05, 0.1) is 25.4 Å². The predicted molar refractivity (Wildman–Crippen MR) is 95.3 cm³/mol. The summed E-state index contributed by atoms with van der Waals surface area (Å²) in [4.78, 5) is 20.6. The average molecular weight is 357 g/mol. The van der Waals surface area contributed by atoms with Crippen molar-refractivity contribution in [2.45, 2.75) is 32.4 Å². The van der Waals surface area contributed by atoms with Gasteiger partial charge in [0.25, 0.3) is 5.91 Å². The molecule has 0 saturated carbocycles. The van der Waals surface area contributed by atoms with E-state index in [9.17, 15) is 4.79 Å². The van der Waals surface area contributed by atoms with Gasteiger partial charge in [-0.15, -0.1) is 0 Å². The highest BCUT2D eigenvalue weighted by Gasteiger charge is 2.16. The molecule has 1 aliphatic heterocycles. The summed E-state index contributed by atoms with van der Waals surface area (Å²) < 4.78 is 16.5. The maximum absolute atomic E-state index is 12.3. The molecule has 0 bridgehead atoms. The molecular formula is C19H23N3O4. The molecule has 1 amide bonds. The van der Waals surface area contributed by atoms with Crippen LogP contribution in [0.3, 0.4) is 0 Å². The lowest BCUT2D eigenvalue weighted by Gasteiger charge is -2.22. The molecule has 1 aliphatic rings. The monoisotopic (exact) mass is 357 g/mol. The summed E-state index contributed by atoms with van der Waals surface area (Å²) in [6, 6.07) is 7.10. The van der Waals surface area contributed by atoms with Crippen molar-refractivity contribution >= 4 is 5.91 Å². The smallest absolute Gasteiger partial charge is 0.253 e. The molecule has 26 heavy (non-hydrogen) atoms. The molecule has 138 valence electrons. The fourth-order valence-electron chi connectivity index (χ4n) is 2.62. The third-order valence-corrected chi connectivity index (χ3v) is 4.00. The first kappa shape index (κ1) is 18.1. The number of nitrogens with zero attached hydrogens (tertiary/aromatic N) is 2. The van der Waals surface area contributed by atoms with Gasteiger partial charge in [0.2, 0.25) is 11.8 Å². The topological polar surface area (TPSA) is 82.6 Å². The van der Waals surface area contributed by atoms with E-state index in [1.165, 1.54) is 6.20 Å². The summed E-state index contributed by atoms with van der Waals surface area (Å²) in [6.45, 7) is 4.27. The number of rotatable bonds is 7. The molecule has 2 aromatic rings. The van der Waals surface area contributed by atoms with Crippen LogP contribution >= 0.6 is 0 Å². The summed E-state index contributed by atoms with van der Waals surface area (Å²) in [5, 5.41) is 2.87. The van der Waals surface area contributed by atoms with Crippen LogP contribution in [0.25, 0.3) is 0 Å². The average Bonchev–Trinajstić information content (AvgIpc) is 2.68. The van der Waals surface area contributed by atoms with Crippen molar-refractivity contribution in [3.05, 3.63) is 47.8 Å². The van der Waals surface area contributed by atoms with Crippen molar-refractivity contribution in [3.63, 3.8) is 0 Å². The minimum Gasteiger partial charge on any atom is -0.478 e. The third-order valence-electron chi connectivity index (χ3n) is 4.00. The van der Waals surface area contributed by atoms with Crippen LogP contribution in [0, 0.1) is 0 Å². The van der Waals surface area contributed by atoms with Crippen molar-refractivity contribution in [3.8, 4) is 11.8 Å². The molecule has 0 unspecified atom stereocenters. The highest BCUT2D eigenvalue weighted by atomic mass is 16.5. The van der Waals surface area contributed by atoms with Crippen molar-refractivity contribution in [1.29, 1.82) is 0 Å². The van der Waals surface area contributed by atoms with Gasteiger partial charge in [0, 0.05) is 43.9 Å². The number of pyridine rings is 2. The second kappa shape index (κ2) is 9.15. The molecule has 0 aromatic carbocycles. The third kappa shape index (κ3) is 5.16. The number of amides is 1. The van der Waals surface area contributed by atoms with Crippen LogP contribution in [-0.4, -0.2) is 41.8 Å². The Labute approximate surface area is 152 Å². The number of ether oxygens (including phenoxy) is 3. The number of aromatic nitrogens is 2. The van der Waals surface area contributed by atoms with E-state index in [1.54, 1.807) is 18.3 Å². The number of carbonyl (C=O) groups excluding carboxylic acids is 1. The van der Waals surface area contributed by atoms with E-state index in [-0.39, 0.29) is 12.0 Å². The van der Waals surface area contributed by atoms with Gasteiger partial charge in [-0.1, -0.05) is 0 Å². The Bertz CT molecular complexity index is 715. The Hall–Kier alpha value is -2.67. The Morgan fingerprint density at radius 2 is 2.08 bits per heavy atom. The van der Waals surface area contributed by atoms with Gasteiger partial charge >= 0.3 is 0 Å². The van der Waals surface area contributed by atoms with Gasteiger partial charge in [0.15, 0.2) is 0 Å². The molecule has 7 nitrogen and oxygen atoms in total. The SMILES string of the molecule is CCOc1cc(CNC(=O)c2ccc(OC3CCOCC3)nc2)ccn1. The van der Waals surface area contributed by atoms with E-state index >= 15 is 0 Å². The standard InChI is InChI=1S/C19H23N3O4/c1-2-25-18-11-14(5-8-20-18)12-22-19(23)15-3-4-17(21-13-15)26-16-6-9-24-10-7-16/h3-5,8,11,13,16H,2,6-7,9-10,12H2,1H3,(H,22,23). The van der Waals surface area contributed by atoms with E-state index in [1.807, 2.05) is 19.1 Å². The Balaban J connectivity index is 1.52. The summed E-state index contributed by atoms with van der Waals surface area (Å²) >= 11 is 0. The zero-order chi connectivity index (χ0) is 18.2. The van der Waals surface area contributed by atoms with E-state index in [0.717, 1.165) is 18.4 Å². The van der Waals surface area contributed by atoms with Gasteiger partial charge in [0.1, 0.15) is 6.10 Å². The quantitative estimate of drug-likeness (QED) is 0.819. The zero-order valence-corrected chi connectivity index (χ0v) is 14.8. The molecule has 0 aliphatic carbocycles. The molecule has 1 N–H and O–H groups in total. The first-order chi connectivity index (χ1) is 12.7. The predicted octanol–water partition coefficient (Wildman–Crippen LogP) is 2.36. The van der Waals surface area contributed by atoms with E-state index in [4.69, 9.17) is 14.2 Å². The van der Waals surface area contributed by atoms with Gasteiger partial charge in [-0.3, -0.25) is 4.79 Å². The summed E-state index contributed by atoms with van der Waals surface area (Å²) in [7, 11) is 0. The van der Waals surface area contributed by atoms with Crippen LogP contribution in [-0.2, 0) is 11.3 Å². The molecule has 0 spiro atoms. The maximum Gasteiger partial charge on any atom is 0.253 e. The molecular weight excluding hydrogens is 334 g/mol. The Morgan fingerprint density at radius 3 is 2.81 bits per heavy atom. The highest BCUT2D eigenvalue weighted by molar-refractivity contribution is 5.93. The van der Waals surface area contributed by atoms with Crippen LogP contribution in [0.15, 0.2) is 36.7 Å². The van der Waals surface area contributed by atoms with Crippen LogP contribution in [0.2, 0.25) is 0 Å². The fourth-order valence-corrected chi connectivity index (χ4v) is 2.62. The summed E-state index contributed by atoms with van der Waals surface area (Å²) in [6.07, 6.45) is 5.04. The largest absolute Gasteiger partial charge is 0.478 e. The molecule has 1 saturated heterocycles. The Kier molecular flexibility index (Phi) is 6.38. The number of hydrogen-bond acceptors (Lipinski definition) is 6. The number of hydrogen-bond donors (Lipinski definition) is 1. The normalized spacial score (nSPS) is 14.7. The lowest BCUT2D eigenvalue weighted by molar-refractivity contribution is 0.0237. The van der Waals surface area contributed by atoms with Gasteiger partial charge < -0.3 is 19.5 Å². The fraction of sp³-hybridized carbons (Fsp3) is 0.421. The lowest BCUT2D eigenvalue weighted by Crippen LogP contribution is -2.26. The van der Waals surface area contributed by atoms with Gasteiger partial charge in [-0.05, 0) is 24.6 Å². The maximum atomic E-state index is 12.3. The zero-order valence-electron chi connectivity index (χ0n) is 14.8. The van der Waals surface area contributed by atoms with Crippen LogP contribution < -0.4 is 14.8 Å². The van der Waals surface area contributed by atoms with Gasteiger partial charge in [-0.2, -0.15) is 0 Å². The summed E-state index contributed by atoms with van der Waals surface area (Å²) in [5.74, 6) is 0.893. The Morgan fingerprint density at radius 1 is 1.23 bits per heavy atom. The van der Waals surface area contributed by atoms with Crippen molar-refractivity contribution in [2.75, 3.05) is 19.8 Å².